The summed E-state index contributed by atoms with van der Waals surface area (Å²) in [6, 6.07) is 4.72. The van der Waals surface area contributed by atoms with Crippen LogP contribution in [0.5, 0.6) is 0 Å². The molecule has 0 spiro atoms. The average Bonchev–Trinajstić information content (AvgIpc) is 2.65. The smallest absolute Gasteiger partial charge is 0.242 e. The topological polar surface area (TPSA) is 96.0 Å². The maximum Gasteiger partial charge on any atom is 0.242 e. The van der Waals surface area contributed by atoms with Crippen LogP contribution in [0, 0.1) is 5.82 Å². The van der Waals surface area contributed by atoms with Crippen molar-refractivity contribution in [3.05, 3.63) is 35.6 Å². The molecule has 0 aliphatic rings. The van der Waals surface area contributed by atoms with Gasteiger partial charge in [0.2, 0.25) is 21.8 Å². The quantitative estimate of drug-likeness (QED) is 0.498. The van der Waals surface area contributed by atoms with Crippen molar-refractivity contribution in [3.8, 4) is 0 Å². The Morgan fingerprint density at radius 2 is 1.86 bits per heavy atom. The second-order valence-electron chi connectivity index (χ2n) is 6.68. The molecular formula is C19H30FN3O5S. The Hall–Kier alpha value is -2.04. The van der Waals surface area contributed by atoms with E-state index in [0.717, 1.165) is 10.6 Å². The molecule has 0 heterocycles. The molecule has 10 heteroatoms. The van der Waals surface area contributed by atoms with Crippen molar-refractivity contribution in [1.29, 1.82) is 0 Å². The highest BCUT2D eigenvalue weighted by atomic mass is 32.2. The van der Waals surface area contributed by atoms with E-state index in [1.807, 2.05) is 6.92 Å². The second-order valence-corrected chi connectivity index (χ2v) is 8.77. The summed E-state index contributed by atoms with van der Waals surface area (Å²) in [6.45, 7) is 4.60. The third kappa shape index (κ3) is 8.88. The number of ether oxygens (including phenoxy) is 1. The van der Waals surface area contributed by atoms with E-state index in [2.05, 4.69) is 5.32 Å². The zero-order valence-corrected chi connectivity index (χ0v) is 18.2. The van der Waals surface area contributed by atoms with E-state index < -0.39 is 34.3 Å². The molecule has 2 amide bonds. The monoisotopic (exact) mass is 431 g/mol. The number of nitrogens with one attached hydrogen (secondary N) is 1. The Labute approximate surface area is 172 Å². The zero-order valence-electron chi connectivity index (χ0n) is 17.4. The van der Waals surface area contributed by atoms with Gasteiger partial charge < -0.3 is 15.0 Å². The lowest BCUT2D eigenvalue weighted by atomic mass is 10.1. The lowest BCUT2D eigenvalue weighted by molar-refractivity contribution is -0.140. The molecule has 0 unspecified atom stereocenters. The minimum Gasteiger partial charge on any atom is -0.382 e. The van der Waals surface area contributed by atoms with Gasteiger partial charge in [-0.1, -0.05) is 12.1 Å². The predicted molar refractivity (Wildman–Crippen MR) is 108 cm³/mol. The van der Waals surface area contributed by atoms with E-state index in [4.69, 9.17) is 4.74 Å². The summed E-state index contributed by atoms with van der Waals surface area (Å²) in [5, 5.41) is 2.75. The number of likely N-dealkylation sites (N-methyl/N-ethyl adjacent to an activating group) is 1. The molecule has 0 fully saturated rings. The molecule has 0 bridgehead atoms. The van der Waals surface area contributed by atoms with Crippen molar-refractivity contribution >= 4 is 21.8 Å². The molecule has 1 rings (SSSR count). The first-order valence-electron chi connectivity index (χ1n) is 9.37. The zero-order chi connectivity index (χ0) is 22.0. The summed E-state index contributed by atoms with van der Waals surface area (Å²) in [4.78, 5) is 26.6. The van der Waals surface area contributed by atoms with Gasteiger partial charge in [-0.3, -0.25) is 9.59 Å². The number of carbonyl (C=O) groups excluding carboxylic acids is 2. The van der Waals surface area contributed by atoms with Gasteiger partial charge in [0, 0.05) is 33.4 Å². The van der Waals surface area contributed by atoms with E-state index in [0.29, 0.717) is 31.7 Å². The van der Waals surface area contributed by atoms with Crippen LogP contribution in [0.1, 0.15) is 25.8 Å². The molecule has 0 radical (unpaired) electrons. The second kappa shape index (κ2) is 11.8. The fourth-order valence-electron chi connectivity index (χ4n) is 2.45. The molecule has 0 aliphatic carbocycles. The van der Waals surface area contributed by atoms with Crippen molar-refractivity contribution in [2.45, 2.75) is 32.9 Å². The van der Waals surface area contributed by atoms with E-state index >= 15 is 0 Å². The minimum absolute atomic E-state index is 0.0459. The molecule has 1 aromatic carbocycles. The number of halogens is 1. The summed E-state index contributed by atoms with van der Waals surface area (Å²) in [6.07, 6.45) is 1.63. The Bertz CT molecular complexity index is 771. The molecule has 1 atom stereocenters. The van der Waals surface area contributed by atoms with E-state index in [1.54, 1.807) is 6.92 Å². The maximum absolute atomic E-state index is 13.2. The molecule has 1 N–H and O–H groups in total. The number of benzene rings is 1. The van der Waals surface area contributed by atoms with Gasteiger partial charge in [-0.15, -0.1) is 0 Å². The fourth-order valence-corrected chi connectivity index (χ4v) is 2.79. The van der Waals surface area contributed by atoms with Crippen molar-refractivity contribution in [2.75, 3.05) is 39.6 Å². The SMILES string of the molecule is CCOCCCNC(=O)[C@@H](C)N(Cc1ccc(F)cc1)C(=O)CN(C)S(C)(=O)=O. The normalized spacial score (nSPS) is 12.6. The molecular weight excluding hydrogens is 401 g/mol. The van der Waals surface area contributed by atoms with Gasteiger partial charge in [-0.25, -0.2) is 12.8 Å². The number of carbonyl (C=O) groups is 2. The lowest BCUT2D eigenvalue weighted by Crippen LogP contribution is -2.50. The highest BCUT2D eigenvalue weighted by Gasteiger charge is 2.28. The molecule has 1 aromatic rings. The van der Waals surface area contributed by atoms with Crippen LogP contribution >= 0.6 is 0 Å². The van der Waals surface area contributed by atoms with Crippen molar-refractivity contribution in [2.24, 2.45) is 0 Å². The van der Waals surface area contributed by atoms with Crippen LogP contribution in [0.15, 0.2) is 24.3 Å². The van der Waals surface area contributed by atoms with Crippen LogP contribution < -0.4 is 5.32 Å². The van der Waals surface area contributed by atoms with E-state index in [9.17, 15) is 22.4 Å². The van der Waals surface area contributed by atoms with Crippen LogP contribution in [0.25, 0.3) is 0 Å². The summed E-state index contributed by atoms with van der Waals surface area (Å²) in [5.41, 5.74) is 0.623. The van der Waals surface area contributed by atoms with Gasteiger partial charge in [0.25, 0.3) is 0 Å². The standard InChI is InChI=1S/C19H30FN3O5S/c1-5-28-12-6-11-21-19(25)15(2)23(13-16-7-9-17(20)10-8-16)18(24)14-22(3)29(4,26)27/h7-10,15H,5-6,11-14H2,1-4H3,(H,21,25)/t15-/m1/s1. The van der Waals surface area contributed by atoms with Gasteiger partial charge in [0.15, 0.2) is 0 Å². The van der Waals surface area contributed by atoms with Crippen LogP contribution in [-0.4, -0.2) is 75.1 Å². The molecule has 0 aromatic heterocycles. The molecule has 0 saturated carbocycles. The number of hydrogen-bond acceptors (Lipinski definition) is 5. The molecule has 0 aliphatic heterocycles. The Morgan fingerprint density at radius 3 is 2.41 bits per heavy atom. The van der Waals surface area contributed by atoms with Crippen LogP contribution in [0.3, 0.4) is 0 Å². The highest BCUT2D eigenvalue weighted by Crippen LogP contribution is 2.12. The number of nitrogens with zero attached hydrogens (tertiary/aromatic N) is 2. The summed E-state index contributed by atoms with van der Waals surface area (Å²) in [5.74, 6) is -1.30. The summed E-state index contributed by atoms with van der Waals surface area (Å²) < 4.78 is 42.6. The molecule has 164 valence electrons. The third-order valence-electron chi connectivity index (χ3n) is 4.33. The Morgan fingerprint density at radius 1 is 1.24 bits per heavy atom. The van der Waals surface area contributed by atoms with Gasteiger partial charge in [0.05, 0.1) is 12.8 Å². The number of amides is 2. The van der Waals surface area contributed by atoms with E-state index in [1.165, 1.54) is 36.2 Å². The average molecular weight is 432 g/mol. The van der Waals surface area contributed by atoms with Gasteiger partial charge >= 0.3 is 0 Å². The Balaban J connectivity index is 2.88. The highest BCUT2D eigenvalue weighted by molar-refractivity contribution is 7.88. The Kier molecular flexibility index (Phi) is 10.2. The first kappa shape index (κ1) is 25.0. The van der Waals surface area contributed by atoms with Crippen molar-refractivity contribution < 1.29 is 27.1 Å². The molecule has 0 saturated heterocycles. The number of rotatable bonds is 12. The van der Waals surface area contributed by atoms with Crippen molar-refractivity contribution in [3.63, 3.8) is 0 Å². The van der Waals surface area contributed by atoms with Gasteiger partial charge in [-0.2, -0.15) is 4.31 Å². The summed E-state index contributed by atoms with van der Waals surface area (Å²) >= 11 is 0. The fraction of sp³-hybridized carbons (Fsp3) is 0.579. The van der Waals surface area contributed by atoms with E-state index in [-0.39, 0.29) is 12.5 Å². The molecule has 8 nitrogen and oxygen atoms in total. The molecule has 29 heavy (non-hydrogen) atoms. The number of sulfonamides is 1. The van der Waals surface area contributed by atoms with Gasteiger partial charge in [-0.05, 0) is 38.0 Å². The van der Waals surface area contributed by atoms with Crippen LogP contribution in [0.2, 0.25) is 0 Å². The lowest BCUT2D eigenvalue weighted by Gasteiger charge is -2.30. The largest absolute Gasteiger partial charge is 0.382 e. The van der Waals surface area contributed by atoms with Gasteiger partial charge in [0.1, 0.15) is 11.9 Å². The predicted octanol–water partition coefficient (Wildman–Crippen LogP) is 0.977. The first-order chi connectivity index (χ1) is 13.6. The van der Waals surface area contributed by atoms with Crippen LogP contribution in [-0.2, 0) is 30.9 Å². The van der Waals surface area contributed by atoms with Crippen molar-refractivity contribution in [1.82, 2.24) is 14.5 Å². The third-order valence-corrected chi connectivity index (χ3v) is 5.59. The summed E-state index contributed by atoms with van der Waals surface area (Å²) in [7, 11) is -2.26. The minimum atomic E-state index is -3.56. The van der Waals surface area contributed by atoms with Crippen LogP contribution in [0.4, 0.5) is 4.39 Å². The first-order valence-corrected chi connectivity index (χ1v) is 11.2. The maximum atomic E-state index is 13.2. The number of hydrogen-bond donors (Lipinski definition) is 1.